The third-order valence-corrected chi connectivity index (χ3v) is 8.64. The Morgan fingerprint density at radius 2 is 0.976 bits per heavy atom. The fraction of sp³-hybridized carbons (Fsp3) is 0.118. The molecule has 4 aromatic heterocycles. The lowest BCUT2D eigenvalue weighted by atomic mass is 9.95. The Kier molecular flexibility index (Phi) is 7.90. The second-order valence-corrected chi connectivity index (χ2v) is 11.3. The molecule has 0 radical (unpaired) electrons. The molecule has 0 atom stereocenters. The van der Waals surface area contributed by atoms with Crippen molar-refractivity contribution in [2.45, 2.75) is 13.8 Å². The van der Waals surface area contributed by atoms with Crippen molar-refractivity contribution in [1.82, 2.24) is 9.97 Å². The largest absolute Gasteiger partial charge is 0.462 e. The number of thiophene rings is 2. The molecule has 0 amide bonds. The average Bonchev–Trinajstić information content (AvgIpc) is 3.83. The molecule has 6 rings (SSSR count). The van der Waals surface area contributed by atoms with E-state index in [1.807, 2.05) is 95.7 Å². The van der Waals surface area contributed by atoms with Crippen molar-refractivity contribution < 1.29 is 19.1 Å². The summed E-state index contributed by atoms with van der Waals surface area (Å²) >= 11 is 3.13. The van der Waals surface area contributed by atoms with E-state index in [4.69, 9.17) is 9.47 Å². The van der Waals surface area contributed by atoms with Crippen molar-refractivity contribution in [3.8, 4) is 54.8 Å². The van der Waals surface area contributed by atoms with E-state index in [-0.39, 0.29) is 13.2 Å². The normalized spacial score (nSPS) is 11.0. The van der Waals surface area contributed by atoms with Crippen LogP contribution in [0.3, 0.4) is 0 Å². The number of hydrogen-bond acceptors (Lipinski definition) is 6. The number of aromatic nitrogens is 2. The van der Waals surface area contributed by atoms with Crippen molar-refractivity contribution >= 4 is 34.6 Å². The van der Waals surface area contributed by atoms with Gasteiger partial charge in [-0.3, -0.25) is 0 Å². The van der Waals surface area contributed by atoms with E-state index in [2.05, 4.69) is 9.97 Å². The van der Waals surface area contributed by atoms with Gasteiger partial charge in [0.05, 0.1) is 56.9 Å². The molecule has 0 fully saturated rings. The lowest BCUT2D eigenvalue weighted by Crippen LogP contribution is -2.10. The summed E-state index contributed by atoms with van der Waals surface area (Å²) in [6.07, 6.45) is 0. The summed E-state index contributed by atoms with van der Waals surface area (Å²) in [5.41, 5.74) is 6.36. The van der Waals surface area contributed by atoms with Gasteiger partial charge in [0.15, 0.2) is 0 Å². The van der Waals surface area contributed by atoms with Crippen molar-refractivity contribution in [3.05, 3.63) is 107 Å². The molecule has 0 saturated carbocycles. The Morgan fingerprint density at radius 3 is 1.31 bits per heavy atom. The van der Waals surface area contributed by atoms with E-state index in [1.165, 1.54) is 0 Å². The fourth-order valence-electron chi connectivity index (χ4n) is 5.19. The summed E-state index contributed by atoms with van der Waals surface area (Å²) in [5, 5.41) is 3.99. The van der Waals surface area contributed by atoms with Gasteiger partial charge < -0.3 is 19.4 Å². The Balaban J connectivity index is 1.74. The van der Waals surface area contributed by atoms with Gasteiger partial charge in [-0.25, -0.2) is 9.59 Å². The number of esters is 2. The summed E-state index contributed by atoms with van der Waals surface area (Å²) in [7, 11) is 0. The Bertz CT molecular complexity index is 1680. The van der Waals surface area contributed by atoms with Gasteiger partial charge >= 0.3 is 11.9 Å². The Hall–Kier alpha value is -4.66. The zero-order valence-corrected chi connectivity index (χ0v) is 24.7. The van der Waals surface area contributed by atoms with E-state index in [0.717, 1.165) is 43.4 Å². The molecule has 2 aromatic carbocycles. The minimum atomic E-state index is -0.478. The maximum atomic E-state index is 13.8. The van der Waals surface area contributed by atoms with E-state index in [9.17, 15) is 9.59 Å². The SMILES string of the molecule is CCOC(=O)c1c(-c2[nH]c(-c3cccs3)c(-c3ccccc3)c2C(=O)OCC)[nH]c(-c2cccs2)c1-c1ccccc1. The van der Waals surface area contributed by atoms with Gasteiger partial charge in [-0.1, -0.05) is 72.8 Å². The average molecular weight is 593 g/mol. The monoisotopic (exact) mass is 592 g/mol. The molecule has 0 saturated heterocycles. The van der Waals surface area contributed by atoms with Crippen molar-refractivity contribution in [2.75, 3.05) is 13.2 Å². The maximum absolute atomic E-state index is 13.8. The molecule has 210 valence electrons. The van der Waals surface area contributed by atoms with Gasteiger partial charge in [0.2, 0.25) is 0 Å². The van der Waals surface area contributed by atoms with Crippen LogP contribution in [-0.2, 0) is 9.47 Å². The molecule has 0 aliphatic carbocycles. The fourth-order valence-corrected chi connectivity index (χ4v) is 6.65. The second-order valence-electron chi connectivity index (χ2n) is 9.38. The summed E-state index contributed by atoms with van der Waals surface area (Å²) in [6, 6.07) is 27.5. The molecular weight excluding hydrogens is 565 g/mol. The van der Waals surface area contributed by atoms with Gasteiger partial charge in [0.25, 0.3) is 0 Å². The first kappa shape index (κ1) is 27.5. The number of ether oxygens (including phenoxy) is 2. The number of carbonyl (C=O) groups is 2. The van der Waals surface area contributed by atoms with Crippen molar-refractivity contribution in [1.29, 1.82) is 0 Å². The van der Waals surface area contributed by atoms with Crippen LogP contribution in [0.25, 0.3) is 54.8 Å². The molecule has 8 heteroatoms. The molecule has 42 heavy (non-hydrogen) atoms. The standard InChI is InChI=1S/C34H28N2O4S2/c1-3-39-33(37)27-25(21-13-7-5-8-14-21)29(23-17-11-19-41-23)35-31(27)32-28(34(38)40-4-2)26(22-15-9-6-10-16-22)30(36-32)24-18-12-20-42-24/h5-20,35-36H,3-4H2,1-2H3. The quantitative estimate of drug-likeness (QED) is 0.164. The summed E-state index contributed by atoms with van der Waals surface area (Å²) in [4.78, 5) is 36.7. The van der Waals surface area contributed by atoms with Crippen LogP contribution in [0.5, 0.6) is 0 Å². The van der Waals surface area contributed by atoms with Crippen LogP contribution in [0.2, 0.25) is 0 Å². The number of aromatic amines is 2. The molecule has 0 aliphatic heterocycles. The number of benzene rings is 2. The molecule has 0 aliphatic rings. The van der Waals surface area contributed by atoms with Crippen LogP contribution in [0.15, 0.2) is 95.7 Å². The van der Waals surface area contributed by atoms with Crippen LogP contribution in [0.4, 0.5) is 0 Å². The predicted molar refractivity (Wildman–Crippen MR) is 170 cm³/mol. The van der Waals surface area contributed by atoms with Gasteiger partial charge in [0.1, 0.15) is 0 Å². The molecule has 0 spiro atoms. The topological polar surface area (TPSA) is 84.2 Å². The Labute approximate surface area is 251 Å². The van der Waals surface area contributed by atoms with Gasteiger partial charge in [-0.05, 0) is 47.9 Å². The highest BCUT2D eigenvalue weighted by molar-refractivity contribution is 7.13. The number of rotatable bonds is 9. The molecule has 4 heterocycles. The minimum absolute atomic E-state index is 0.206. The van der Waals surface area contributed by atoms with Crippen LogP contribution < -0.4 is 0 Å². The van der Waals surface area contributed by atoms with Crippen LogP contribution in [-0.4, -0.2) is 35.1 Å². The highest BCUT2D eigenvalue weighted by Gasteiger charge is 2.34. The third-order valence-electron chi connectivity index (χ3n) is 6.87. The molecule has 6 nitrogen and oxygen atoms in total. The molecular formula is C34H28N2O4S2. The molecule has 0 unspecified atom stereocenters. The van der Waals surface area contributed by atoms with Crippen molar-refractivity contribution in [2.24, 2.45) is 0 Å². The molecule has 0 bridgehead atoms. The zero-order valence-electron chi connectivity index (χ0n) is 23.1. The van der Waals surface area contributed by atoms with Gasteiger partial charge in [-0.15, -0.1) is 22.7 Å². The highest BCUT2D eigenvalue weighted by Crippen LogP contribution is 2.47. The highest BCUT2D eigenvalue weighted by atomic mass is 32.1. The van der Waals surface area contributed by atoms with Crippen molar-refractivity contribution in [3.63, 3.8) is 0 Å². The molecule has 2 N–H and O–H groups in total. The van der Waals surface area contributed by atoms with Crippen LogP contribution >= 0.6 is 22.7 Å². The number of H-pyrrole nitrogens is 2. The summed E-state index contributed by atoms with van der Waals surface area (Å²) in [5.74, 6) is -0.956. The van der Waals surface area contributed by atoms with E-state index in [1.54, 1.807) is 36.5 Å². The zero-order chi connectivity index (χ0) is 29.1. The smallest absolute Gasteiger partial charge is 0.341 e. The Morgan fingerprint density at radius 1 is 0.571 bits per heavy atom. The van der Waals surface area contributed by atoms with E-state index in [0.29, 0.717) is 22.5 Å². The number of hydrogen-bond donors (Lipinski definition) is 2. The van der Waals surface area contributed by atoms with Crippen LogP contribution in [0, 0.1) is 0 Å². The molecule has 6 aromatic rings. The van der Waals surface area contributed by atoms with E-state index < -0.39 is 11.9 Å². The third kappa shape index (κ3) is 5.00. The van der Waals surface area contributed by atoms with Gasteiger partial charge in [-0.2, -0.15) is 0 Å². The maximum Gasteiger partial charge on any atom is 0.341 e. The minimum Gasteiger partial charge on any atom is -0.462 e. The summed E-state index contributed by atoms with van der Waals surface area (Å²) < 4.78 is 11.3. The number of carbonyl (C=O) groups excluding carboxylic acids is 2. The number of nitrogens with one attached hydrogen (secondary N) is 2. The summed E-state index contributed by atoms with van der Waals surface area (Å²) in [6.45, 7) is 3.98. The first-order valence-corrected chi connectivity index (χ1v) is 15.4. The second kappa shape index (κ2) is 12.1. The predicted octanol–water partition coefficient (Wildman–Crippen LogP) is 9.15. The first-order valence-electron chi connectivity index (χ1n) is 13.7. The lowest BCUT2D eigenvalue weighted by Gasteiger charge is -2.10. The lowest BCUT2D eigenvalue weighted by molar-refractivity contribution is 0.0516. The first-order chi connectivity index (χ1) is 20.6. The van der Waals surface area contributed by atoms with E-state index >= 15 is 0 Å². The van der Waals surface area contributed by atoms with Gasteiger partial charge in [0, 0.05) is 11.1 Å². The van der Waals surface area contributed by atoms with Crippen LogP contribution in [0.1, 0.15) is 34.6 Å².